The van der Waals surface area contributed by atoms with E-state index in [-0.39, 0.29) is 11.0 Å². The lowest BCUT2D eigenvalue weighted by atomic mass is 10.1. The summed E-state index contributed by atoms with van der Waals surface area (Å²) in [6.07, 6.45) is 1.19. The fourth-order valence-corrected chi connectivity index (χ4v) is 2.17. The highest BCUT2D eigenvalue weighted by Crippen LogP contribution is 2.23. The molecule has 112 valence electrons. The average Bonchev–Trinajstić information content (AvgIpc) is 2.73. The molecule has 22 heavy (non-hydrogen) atoms. The minimum absolute atomic E-state index is 0.218. The Morgan fingerprint density at radius 3 is 2.68 bits per heavy atom. The van der Waals surface area contributed by atoms with Gasteiger partial charge in [-0.25, -0.2) is 13.9 Å². The van der Waals surface area contributed by atoms with Crippen LogP contribution in [0.3, 0.4) is 0 Å². The first-order chi connectivity index (χ1) is 10.4. The molecule has 0 atom stereocenters. The van der Waals surface area contributed by atoms with E-state index in [1.54, 1.807) is 25.1 Å². The maximum absolute atomic E-state index is 12.9. The first kappa shape index (κ1) is 15.7. The van der Waals surface area contributed by atoms with Crippen molar-refractivity contribution >= 4 is 23.6 Å². The number of nitrogens with zero attached hydrogens (tertiary/aromatic N) is 3. The highest BCUT2D eigenvalue weighted by molar-refractivity contribution is 6.31. The molecule has 5 nitrogen and oxygen atoms in total. The van der Waals surface area contributed by atoms with Crippen LogP contribution in [-0.4, -0.2) is 20.9 Å². The number of nitriles is 1. The molecular formula is C15H11ClFN3O2. The predicted octanol–water partition coefficient (Wildman–Crippen LogP) is 3.02. The van der Waals surface area contributed by atoms with E-state index in [1.807, 2.05) is 0 Å². The molecule has 0 spiro atoms. The van der Waals surface area contributed by atoms with Crippen LogP contribution in [0, 0.1) is 24.1 Å². The number of hydrogen-bond acceptors (Lipinski definition) is 3. The van der Waals surface area contributed by atoms with Gasteiger partial charge in [0.05, 0.1) is 12.2 Å². The van der Waals surface area contributed by atoms with Gasteiger partial charge >= 0.3 is 5.97 Å². The number of carbonyl (C=O) groups is 1. The van der Waals surface area contributed by atoms with E-state index in [1.165, 1.54) is 22.9 Å². The maximum atomic E-state index is 12.9. The lowest BCUT2D eigenvalue weighted by Gasteiger charge is -2.03. The molecule has 1 N–H and O–H groups in total. The number of carboxylic acids is 1. The Morgan fingerprint density at radius 1 is 1.50 bits per heavy atom. The van der Waals surface area contributed by atoms with Gasteiger partial charge < -0.3 is 5.11 Å². The lowest BCUT2D eigenvalue weighted by molar-refractivity contribution is -0.132. The Kier molecular flexibility index (Phi) is 4.59. The minimum atomic E-state index is -1.33. The zero-order valence-electron chi connectivity index (χ0n) is 11.5. The Balaban J connectivity index is 2.37. The monoisotopic (exact) mass is 319 g/mol. The molecular weight excluding hydrogens is 309 g/mol. The largest absolute Gasteiger partial charge is 0.477 e. The van der Waals surface area contributed by atoms with E-state index in [2.05, 4.69) is 5.10 Å². The molecule has 0 bridgehead atoms. The van der Waals surface area contributed by atoms with Gasteiger partial charge in [0.25, 0.3) is 0 Å². The minimum Gasteiger partial charge on any atom is -0.477 e. The molecule has 0 radical (unpaired) electrons. The second-order valence-electron chi connectivity index (χ2n) is 4.55. The SMILES string of the molecule is Cc1nn(Cc2ccc(F)cc2)c(Cl)c1/C=C(/C#N)C(=O)O. The molecule has 1 aromatic carbocycles. The van der Waals surface area contributed by atoms with Crippen LogP contribution in [0.25, 0.3) is 6.08 Å². The van der Waals surface area contributed by atoms with Crippen molar-refractivity contribution in [3.05, 3.63) is 57.6 Å². The van der Waals surface area contributed by atoms with Crippen molar-refractivity contribution in [1.82, 2.24) is 9.78 Å². The normalized spacial score (nSPS) is 11.3. The first-order valence-corrected chi connectivity index (χ1v) is 6.62. The molecule has 0 saturated carbocycles. The summed E-state index contributed by atoms with van der Waals surface area (Å²) >= 11 is 6.20. The number of aliphatic carboxylic acids is 1. The Labute approximate surface area is 130 Å². The van der Waals surface area contributed by atoms with Crippen LogP contribution >= 0.6 is 11.6 Å². The number of aromatic nitrogens is 2. The van der Waals surface area contributed by atoms with Crippen molar-refractivity contribution in [2.24, 2.45) is 0 Å². The van der Waals surface area contributed by atoms with Crippen molar-refractivity contribution in [2.45, 2.75) is 13.5 Å². The van der Waals surface area contributed by atoms with Gasteiger partial charge in [-0.2, -0.15) is 10.4 Å². The molecule has 0 amide bonds. The molecule has 2 rings (SSSR count). The number of aryl methyl sites for hydroxylation is 1. The van der Waals surface area contributed by atoms with E-state index >= 15 is 0 Å². The van der Waals surface area contributed by atoms with Crippen LogP contribution < -0.4 is 0 Å². The van der Waals surface area contributed by atoms with Crippen molar-refractivity contribution < 1.29 is 14.3 Å². The van der Waals surface area contributed by atoms with Crippen molar-refractivity contribution in [3.8, 4) is 6.07 Å². The second kappa shape index (κ2) is 6.41. The summed E-state index contributed by atoms with van der Waals surface area (Å²) in [6.45, 7) is 1.97. The molecule has 1 heterocycles. The van der Waals surface area contributed by atoms with E-state index < -0.39 is 11.5 Å². The third-order valence-electron chi connectivity index (χ3n) is 2.99. The van der Waals surface area contributed by atoms with E-state index in [0.717, 1.165) is 5.56 Å². The molecule has 1 aromatic heterocycles. The summed E-state index contributed by atoms with van der Waals surface area (Å²) < 4.78 is 14.4. The van der Waals surface area contributed by atoms with Crippen LogP contribution in [-0.2, 0) is 11.3 Å². The molecule has 7 heteroatoms. The van der Waals surface area contributed by atoms with Gasteiger partial charge in [0.15, 0.2) is 0 Å². The maximum Gasteiger partial charge on any atom is 0.346 e. The number of halogens is 2. The van der Waals surface area contributed by atoms with E-state index in [4.69, 9.17) is 22.0 Å². The van der Waals surface area contributed by atoms with Crippen LogP contribution in [0.5, 0.6) is 0 Å². The van der Waals surface area contributed by atoms with Crippen LogP contribution in [0.15, 0.2) is 29.8 Å². The second-order valence-corrected chi connectivity index (χ2v) is 4.91. The molecule has 0 aliphatic carbocycles. The Bertz CT molecular complexity index is 788. The summed E-state index contributed by atoms with van der Waals surface area (Å²) in [5.74, 6) is -1.67. The summed E-state index contributed by atoms with van der Waals surface area (Å²) in [5.41, 5.74) is 1.25. The van der Waals surface area contributed by atoms with Crippen LogP contribution in [0.2, 0.25) is 5.15 Å². The third kappa shape index (κ3) is 3.32. The zero-order chi connectivity index (χ0) is 16.3. The first-order valence-electron chi connectivity index (χ1n) is 6.25. The number of hydrogen-bond donors (Lipinski definition) is 1. The smallest absolute Gasteiger partial charge is 0.346 e. The van der Waals surface area contributed by atoms with E-state index in [9.17, 15) is 9.18 Å². The van der Waals surface area contributed by atoms with Gasteiger partial charge in [-0.3, -0.25) is 0 Å². The molecule has 0 aliphatic heterocycles. The average molecular weight is 320 g/mol. The van der Waals surface area contributed by atoms with Crippen LogP contribution in [0.1, 0.15) is 16.8 Å². The molecule has 0 aliphatic rings. The number of rotatable bonds is 4. The molecule has 0 unspecified atom stereocenters. The molecule has 2 aromatic rings. The summed E-state index contributed by atoms with van der Waals surface area (Å²) in [6, 6.07) is 7.47. The zero-order valence-corrected chi connectivity index (χ0v) is 12.3. The van der Waals surface area contributed by atoms with Crippen molar-refractivity contribution in [3.63, 3.8) is 0 Å². The van der Waals surface area contributed by atoms with Gasteiger partial charge in [0, 0.05) is 5.56 Å². The quantitative estimate of drug-likeness (QED) is 0.694. The fraction of sp³-hybridized carbons (Fsp3) is 0.133. The molecule has 0 saturated heterocycles. The van der Waals surface area contributed by atoms with E-state index in [0.29, 0.717) is 17.8 Å². The lowest BCUT2D eigenvalue weighted by Crippen LogP contribution is -2.02. The van der Waals surface area contributed by atoms with Gasteiger partial charge in [-0.1, -0.05) is 23.7 Å². The summed E-state index contributed by atoms with van der Waals surface area (Å²) in [7, 11) is 0. The van der Waals surface area contributed by atoms with Crippen molar-refractivity contribution in [2.75, 3.05) is 0 Å². The van der Waals surface area contributed by atoms with Gasteiger partial charge in [0.2, 0.25) is 0 Å². The molecule has 0 fully saturated rings. The summed E-state index contributed by atoms with van der Waals surface area (Å²) in [5, 5.41) is 22.1. The van der Waals surface area contributed by atoms with Gasteiger partial charge in [-0.15, -0.1) is 0 Å². The van der Waals surface area contributed by atoms with Gasteiger partial charge in [-0.05, 0) is 30.7 Å². The standard InChI is InChI=1S/C15H11ClFN3O2/c1-9-13(6-11(7-18)15(21)22)14(16)20(19-9)8-10-2-4-12(17)5-3-10/h2-6H,8H2,1H3,(H,21,22)/b11-6-. The van der Waals surface area contributed by atoms with Crippen LogP contribution in [0.4, 0.5) is 4.39 Å². The highest BCUT2D eigenvalue weighted by Gasteiger charge is 2.15. The predicted molar refractivity (Wildman–Crippen MR) is 78.7 cm³/mol. The third-order valence-corrected chi connectivity index (χ3v) is 3.39. The highest BCUT2D eigenvalue weighted by atomic mass is 35.5. The topological polar surface area (TPSA) is 78.9 Å². The van der Waals surface area contributed by atoms with Crippen molar-refractivity contribution in [1.29, 1.82) is 5.26 Å². The number of benzene rings is 1. The Morgan fingerprint density at radius 2 is 2.14 bits per heavy atom. The fourth-order valence-electron chi connectivity index (χ4n) is 1.88. The van der Waals surface area contributed by atoms with Gasteiger partial charge in [0.1, 0.15) is 22.6 Å². The Hall–Kier alpha value is -2.65. The summed E-state index contributed by atoms with van der Waals surface area (Å²) in [4.78, 5) is 10.9. The number of carboxylic acid groups (broad SMARTS) is 1.